The molecule has 0 aliphatic rings. The van der Waals surface area contributed by atoms with Crippen LogP contribution < -0.4 is 10.0 Å². The molecule has 0 radical (unpaired) electrons. The van der Waals surface area contributed by atoms with Crippen LogP contribution in [0.15, 0.2) is 9.31 Å². The lowest BCUT2D eigenvalue weighted by molar-refractivity contribution is 0.493. The zero-order valence-corrected chi connectivity index (χ0v) is 13.7. The molecule has 0 bridgehead atoms. The van der Waals surface area contributed by atoms with Crippen LogP contribution in [-0.4, -0.2) is 33.5 Å². The summed E-state index contributed by atoms with van der Waals surface area (Å²) in [6, 6.07) is 0. The number of hydrogen-bond donors (Lipinski definition) is 2. The van der Waals surface area contributed by atoms with E-state index in [0.717, 1.165) is 0 Å². The van der Waals surface area contributed by atoms with Crippen molar-refractivity contribution in [2.45, 2.75) is 37.5 Å². The van der Waals surface area contributed by atoms with Crippen LogP contribution in [0.1, 0.15) is 24.0 Å². The molecule has 110 valence electrons. The number of aryl methyl sites for hydroxylation is 2. The molecular formula is C12H22N2O3S2. The van der Waals surface area contributed by atoms with Gasteiger partial charge in [0.2, 0.25) is 10.0 Å². The average molecular weight is 306 g/mol. The maximum atomic E-state index is 12.4. The first kappa shape index (κ1) is 16.6. The first-order valence-electron chi connectivity index (χ1n) is 6.09. The Morgan fingerprint density at radius 1 is 1.32 bits per heavy atom. The van der Waals surface area contributed by atoms with Crippen LogP contribution in [0.2, 0.25) is 0 Å². The predicted molar refractivity (Wildman–Crippen MR) is 79.1 cm³/mol. The van der Waals surface area contributed by atoms with Gasteiger partial charge in [0, 0.05) is 23.9 Å². The third-order valence-corrected chi connectivity index (χ3v) is 5.50. The number of sulfonamides is 1. The van der Waals surface area contributed by atoms with Gasteiger partial charge < -0.3 is 9.73 Å². The molecule has 1 unspecified atom stereocenters. The van der Waals surface area contributed by atoms with Gasteiger partial charge in [-0.2, -0.15) is 11.8 Å². The molecule has 0 fully saturated rings. The van der Waals surface area contributed by atoms with Crippen LogP contribution in [-0.2, 0) is 16.6 Å². The predicted octanol–water partition coefficient (Wildman–Crippen LogP) is 1.65. The molecule has 2 N–H and O–H groups in total. The third kappa shape index (κ3) is 3.98. The van der Waals surface area contributed by atoms with E-state index in [9.17, 15) is 8.42 Å². The van der Waals surface area contributed by atoms with Gasteiger partial charge in [-0.15, -0.1) is 0 Å². The lowest BCUT2D eigenvalue weighted by Gasteiger charge is -2.11. The Kier molecular flexibility index (Phi) is 5.91. The maximum absolute atomic E-state index is 12.4. The molecule has 0 saturated carbocycles. The van der Waals surface area contributed by atoms with Gasteiger partial charge in [-0.1, -0.05) is 6.92 Å². The quantitative estimate of drug-likeness (QED) is 0.801. The normalized spacial score (nSPS) is 13.7. The van der Waals surface area contributed by atoms with Gasteiger partial charge in [0.15, 0.2) is 0 Å². The molecular weight excluding hydrogens is 284 g/mol. The van der Waals surface area contributed by atoms with Crippen LogP contribution >= 0.6 is 11.8 Å². The van der Waals surface area contributed by atoms with Crippen molar-refractivity contribution >= 4 is 21.8 Å². The Hall–Kier alpha value is -0.500. The number of hydrogen-bond acceptors (Lipinski definition) is 5. The van der Waals surface area contributed by atoms with Crippen molar-refractivity contribution in [3.05, 3.63) is 17.1 Å². The van der Waals surface area contributed by atoms with Crippen molar-refractivity contribution < 1.29 is 12.8 Å². The topological polar surface area (TPSA) is 71.3 Å². The van der Waals surface area contributed by atoms with Crippen molar-refractivity contribution in [1.82, 2.24) is 10.0 Å². The Bertz CT molecular complexity index is 523. The fourth-order valence-corrected chi connectivity index (χ4v) is 3.76. The summed E-state index contributed by atoms with van der Waals surface area (Å²) < 4.78 is 32.8. The summed E-state index contributed by atoms with van der Waals surface area (Å²) in [7, 11) is -1.75. The van der Waals surface area contributed by atoms with E-state index in [1.54, 1.807) is 32.7 Å². The minimum Gasteiger partial charge on any atom is -0.465 e. The Balaban J connectivity index is 3.07. The van der Waals surface area contributed by atoms with Crippen LogP contribution in [0.25, 0.3) is 0 Å². The molecule has 1 aromatic rings. The third-order valence-electron chi connectivity index (χ3n) is 2.91. The van der Waals surface area contributed by atoms with Crippen molar-refractivity contribution in [3.8, 4) is 0 Å². The molecule has 0 saturated heterocycles. The highest BCUT2D eigenvalue weighted by molar-refractivity contribution is 7.99. The molecule has 7 heteroatoms. The fraction of sp³-hybridized carbons (Fsp3) is 0.667. The van der Waals surface area contributed by atoms with E-state index in [2.05, 4.69) is 10.0 Å². The van der Waals surface area contributed by atoms with Crippen LogP contribution in [0.3, 0.4) is 0 Å². The molecule has 0 spiro atoms. The lowest BCUT2D eigenvalue weighted by atomic mass is 10.2. The van der Waals surface area contributed by atoms with Gasteiger partial charge in [0.1, 0.15) is 16.4 Å². The highest BCUT2D eigenvalue weighted by Crippen LogP contribution is 2.26. The minimum atomic E-state index is -3.53. The summed E-state index contributed by atoms with van der Waals surface area (Å²) in [5.74, 6) is 1.08. The number of nitrogens with one attached hydrogen (secondary N) is 2. The van der Waals surface area contributed by atoms with E-state index in [4.69, 9.17) is 4.42 Å². The Morgan fingerprint density at radius 3 is 2.47 bits per heavy atom. The molecule has 19 heavy (non-hydrogen) atoms. The lowest BCUT2D eigenvalue weighted by Crippen LogP contribution is -2.30. The average Bonchev–Trinajstić information content (AvgIpc) is 2.62. The number of furan rings is 1. The van der Waals surface area contributed by atoms with E-state index in [1.165, 1.54) is 0 Å². The largest absolute Gasteiger partial charge is 0.465 e. The second-order valence-electron chi connectivity index (χ2n) is 4.45. The highest BCUT2D eigenvalue weighted by Gasteiger charge is 2.26. The summed E-state index contributed by atoms with van der Waals surface area (Å²) in [5.41, 5.74) is 0.698. The van der Waals surface area contributed by atoms with Crippen LogP contribution in [0, 0.1) is 13.8 Å². The molecule has 0 aliphatic heterocycles. The zero-order chi connectivity index (χ0) is 14.6. The van der Waals surface area contributed by atoms with Gasteiger partial charge in [0.05, 0.1) is 0 Å². The van der Waals surface area contributed by atoms with Crippen LogP contribution in [0.5, 0.6) is 0 Å². The maximum Gasteiger partial charge on any atom is 0.244 e. The number of thioether (sulfide) groups is 1. The van der Waals surface area contributed by atoms with Gasteiger partial charge in [-0.25, -0.2) is 13.1 Å². The smallest absolute Gasteiger partial charge is 0.244 e. The summed E-state index contributed by atoms with van der Waals surface area (Å²) in [4.78, 5) is 0.271. The molecule has 0 aromatic carbocycles. The van der Waals surface area contributed by atoms with Gasteiger partial charge in [-0.3, -0.25) is 0 Å². The van der Waals surface area contributed by atoms with Crippen molar-refractivity contribution in [2.75, 3.05) is 19.8 Å². The van der Waals surface area contributed by atoms with Crippen molar-refractivity contribution in [1.29, 1.82) is 0 Å². The van der Waals surface area contributed by atoms with E-state index in [1.807, 2.05) is 13.2 Å². The molecule has 1 aromatic heterocycles. The van der Waals surface area contributed by atoms with Crippen LogP contribution in [0.4, 0.5) is 0 Å². The zero-order valence-electron chi connectivity index (χ0n) is 12.0. The van der Waals surface area contributed by atoms with Crippen molar-refractivity contribution in [2.24, 2.45) is 0 Å². The van der Waals surface area contributed by atoms with Gasteiger partial charge in [0.25, 0.3) is 0 Å². The summed E-state index contributed by atoms with van der Waals surface area (Å²) in [6.45, 7) is 6.32. The number of rotatable bonds is 7. The van der Waals surface area contributed by atoms with E-state index < -0.39 is 10.0 Å². The van der Waals surface area contributed by atoms with Gasteiger partial charge >= 0.3 is 0 Å². The summed E-state index contributed by atoms with van der Waals surface area (Å²) >= 11 is 1.62. The van der Waals surface area contributed by atoms with E-state index in [0.29, 0.717) is 30.2 Å². The summed E-state index contributed by atoms with van der Waals surface area (Å²) in [6.07, 6.45) is 1.96. The molecule has 5 nitrogen and oxygen atoms in total. The standard InChI is InChI=1S/C12H22N2O3S2/c1-8(18-5)6-14-19(15,16)12-10(3)17-9(2)11(12)7-13-4/h8,13-14H,6-7H2,1-5H3. The molecule has 1 rings (SSSR count). The van der Waals surface area contributed by atoms with Crippen molar-refractivity contribution in [3.63, 3.8) is 0 Å². The summed E-state index contributed by atoms with van der Waals surface area (Å²) in [5, 5.41) is 3.20. The molecule has 0 aliphatic carbocycles. The second-order valence-corrected chi connectivity index (χ2v) is 7.43. The molecule has 1 heterocycles. The Morgan fingerprint density at radius 2 is 1.95 bits per heavy atom. The van der Waals surface area contributed by atoms with E-state index in [-0.39, 0.29) is 10.1 Å². The SMILES string of the molecule is CNCc1c(C)oc(C)c1S(=O)(=O)NCC(C)SC. The highest BCUT2D eigenvalue weighted by atomic mass is 32.2. The minimum absolute atomic E-state index is 0.232. The monoisotopic (exact) mass is 306 g/mol. The first-order valence-corrected chi connectivity index (χ1v) is 8.86. The van der Waals surface area contributed by atoms with Gasteiger partial charge in [-0.05, 0) is 27.2 Å². The molecule has 1 atom stereocenters. The van der Waals surface area contributed by atoms with E-state index >= 15 is 0 Å². The Labute approximate surface area is 119 Å². The fourth-order valence-electron chi connectivity index (χ4n) is 1.83. The molecule has 0 amide bonds. The second kappa shape index (κ2) is 6.78. The first-order chi connectivity index (χ1) is 8.83.